The Bertz CT molecular complexity index is 1100. The zero-order valence-corrected chi connectivity index (χ0v) is 15.2. The lowest BCUT2D eigenvalue weighted by Crippen LogP contribution is -2.12. The van der Waals surface area contributed by atoms with E-state index in [1.165, 1.54) is 24.3 Å². The van der Waals surface area contributed by atoms with Crippen molar-refractivity contribution in [2.75, 3.05) is 5.32 Å². The first-order chi connectivity index (χ1) is 13.8. The molecule has 1 amide bonds. The van der Waals surface area contributed by atoms with Gasteiger partial charge in [0.05, 0.1) is 15.9 Å². The largest absolute Gasteiger partial charge is 0.450 e. The molecule has 0 aliphatic carbocycles. The Kier molecular flexibility index (Phi) is 5.49. The highest BCUT2D eigenvalue weighted by Crippen LogP contribution is 2.34. The number of nitrogens with zero attached hydrogens (tertiary/aromatic N) is 2. The Morgan fingerprint density at radius 3 is 2.24 bits per heavy atom. The normalized spacial score (nSPS) is 10.2. The van der Waals surface area contributed by atoms with Gasteiger partial charge in [0.25, 0.3) is 11.6 Å². The number of hydrogen-bond donors (Lipinski definition) is 1. The van der Waals surface area contributed by atoms with Gasteiger partial charge in [0.2, 0.25) is 5.75 Å². The van der Waals surface area contributed by atoms with Crippen LogP contribution in [-0.4, -0.2) is 15.8 Å². The number of carbonyl (C=O) groups is 1. The molecule has 0 fully saturated rings. The summed E-state index contributed by atoms with van der Waals surface area (Å²) in [7, 11) is 0. The number of nitro groups is 2. The molecule has 0 aliphatic rings. The molecule has 9 heteroatoms. The van der Waals surface area contributed by atoms with Crippen LogP contribution in [0, 0.1) is 27.2 Å². The van der Waals surface area contributed by atoms with Gasteiger partial charge in [-0.05, 0) is 48.9 Å². The third kappa shape index (κ3) is 4.53. The van der Waals surface area contributed by atoms with Crippen molar-refractivity contribution in [3.05, 3.63) is 98.1 Å². The smallest absolute Gasteiger partial charge is 0.318 e. The van der Waals surface area contributed by atoms with E-state index in [2.05, 4.69) is 5.32 Å². The van der Waals surface area contributed by atoms with Crippen LogP contribution >= 0.6 is 0 Å². The summed E-state index contributed by atoms with van der Waals surface area (Å²) in [5, 5.41) is 24.8. The lowest BCUT2D eigenvalue weighted by molar-refractivity contribution is -0.394. The Labute approximate surface area is 164 Å². The van der Waals surface area contributed by atoms with Crippen molar-refractivity contribution in [2.24, 2.45) is 0 Å². The Morgan fingerprint density at radius 2 is 1.62 bits per heavy atom. The van der Waals surface area contributed by atoms with E-state index in [-0.39, 0.29) is 17.4 Å². The number of benzene rings is 3. The average molecular weight is 393 g/mol. The van der Waals surface area contributed by atoms with Gasteiger partial charge in [-0.3, -0.25) is 25.0 Å². The number of para-hydroxylation sites is 1. The summed E-state index contributed by atoms with van der Waals surface area (Å²) in [6.07, 6.45) is 0. The van der Waals surface area contributed by atoms with Gasteiger partial charge < -0.3 is 10.1 Å². The molecule has 9 nitrogen and oxygen atoms in total. The van der Waals surface area contributed by atoms with Gasteiger partial charge in [-0.1, -0.05) is 18.2 Å². The molecule has 1 N–H and O–H groups in total. The third-order valence-electron chi connectivity index (χ3n) is 4.09. The van der Waals surface area contributed by atoms with Crippen LogP contribution in [0.25, 0.3) is 0 Å². The quantitative estimate of drug-likeness (QED) is 0.471. The van der Waals surface area contributed by atoms with Crippen molar-refractivity contribution >= 4 is 23.0 Å². The number of aryl methyl sites for hydroxylation is 1. The summed E-state index contributed by atoms with van der Waals surface area (Å²) in [5.41, 5.74) is 1.05. The van der Waals surface area contributed by atoms with Crippen molar-refractivity contribution in [3.8, 4) is 11.5 Å². The number of ether oxygens (including phenoxy) is 1. The summed E-state index contributed by atoms with van der Waals surface area (Å²) in [4.78, 5) is 32.9. The lowest BCUT2D eigenvalue weighted by Gasteiger charge is -2.09. The molecular formula is C20H15N3O6. The van der Waals surface area contributed by atoms with Crippen LogP contribution in [0.1, 0.15) is 15.9 Å². The Morgan fingerprint density at radius 1 is 0.931 bits per heavy atom. The van der Waals surface area contributed by atoms with E-state index in [0.29, 0.717) is 11.3 Å². The van der Waals surface area contributed by atoms with Crippen molar-refractivity contribution < 1.29 is 19.4 Å². The molecule has 0 aliphatic heterocycles. The van der Waals surface area contributed by atoms with Gasteiger partial charge in [0.1, 0.15) is 5.75 Å². The van der Waals surface area contributed by atoms with Gasteiger partial charge in [-0.2, -0.15) is 0 Å². The van der Waals surface area contributed by atoms with E-state index >= 15 is 0 Å². The van der Waals surface area contributed by atoms with Crippen LogP contribution in [0.5, 0.6) is 11.5 Å². The van der Waals surface area contributed by atoms with Crippen LogP contribution in [0.3, 0.4) is 0 Å². The van der Waals surface area contributed by atoms with E-state index in [1.807, 2.05) is 25.1 Å². The zero-order chi connectivity index (χ0) is 21.0. The molecule has 0 heterocycles. The molecule has 0 atom stereocenters. The average Bonchev–Trinajstić information content (AvgIpc) is 2.70. The highest BCUT2D eigenvalue weighted by Gasteiger charge is 2.21. The SMILES string of the molecule is Cc1ccccc1NC(=O)c1ccc(Oc2ccc([N+](=O)[O-])cc2[N+](=O)[O-])cc1. The minimum atomic E-state index is -0.758. The first-order valence-corrected chi connectivity index (χ1v) is 8.43. The molecule has 29 heavy (non-hydrogen) atoms. The number of rotatable bonds is 6. The predicted molar refractivity (Wildman–Crippen MR) is 105 cm³/mol. The summed E-state index contributed by atoms with van der Waals surface area (Å²) in [5.74, 6) is -0.209. The number of amides is 1. The van der Waals surface area contributed by atoms with Gasteiger partial charge in [0, 0.05) is 17.3 Å². The van der Waals surface area contributed by atoms with E-state index in [1.54, 1.807) is 6.07 Å². The molecule has 0 aromatic heterocycles. The number of carbonyl (C=O) groups excluding carboxylic acids is 1. The van der Waals surface area contributed by atoms with Gasteiger partial charge >= 0.3 is 5.69 Å². The predicted octanol–water partition coefficient (Wildman–Crippen LogP) is 4.86. The van der Waals surface area contributed by atoms with E-state index in [0.717, 1.165) is 23.8 Å². The fourth-order valence-electron chi connectivity index (χ4n) is 2.56. The number of anilines is 1. The maximum Gasteiger partial charge on any atom is 0.318 e. The maximum atomic E-state index is 12.4. The molecule has 3 rings (SSSR count). The molecule has 0 saturated carbocycles. The molecular weight excluding hydrogens is 378 g/mol. The number of hydrogen-bond acceptors (Lipinski definition) is 6. The molecule has 0 bridgehead atoms. The van der Waals surface area contributed by atoms with E-state index < -0.39 is 21.2 Å². The molecule has 0 radical (unpaired) electrons. The van der Waals surface area contributed by atoms with E-state index in [9.17, 15) is 25.0 Å². The second kappa shape index (κ2) is 8.17. The fourth-order valence-corrected chi connectivity index (χ4v) is 2.56. The molecule has 3 aromatic carbocycles. The van der Waals surface area contributed by atoms with Crippen molar-refractivity contribution in [1.82, 2.24) is 0 Å². The molecule has 0 saturated heterocycles. The zero-order valence-electron chi connectivity index (χ0n) is 15.2. The number of non-ortho nitro benzene ring substituents is 1. The van der Waals surface area contributed by atoms with Crippen LogP contribution in [-0.2, 0) is 0 Å². The minimum absolute atomic E-state index is 0.141. The van der Waals surface area contributed by atoms with Crippen LogP contribution < -0.4 is 10.1 Å². The van der Waals surface area contributed by atoms with Crippen molar-refractivity contribution in [2.45, 2.75) is 6.92 Å². The van der Waals surface area contributed by atoms with Gasteiger partial charge in [-0.25, -0.2) is 0 Å². The second-order valence-corrected chi connectivity index (χ2v) is 6.06. The summed E-state index contributed by atoms with van der Waals surface area (Å²) < 4.78 is 5.48. The fraction of sp³-hybridized carbons (Fsp3) is 0.0500. The molecule has 0 unspecified atom stereocenters. The first kappa shape index (κ1) is 19.5. The Balaban J connectivity index is 1.77. The molecule has 3 aromatic rings. The minimum Gasteiger partial charge on any atom is -0.450 e. The first-order valence-electron chi connectivity index (χ1n) is 8.43. The monoisotopic (exact) mass is 393 g/mol. The molecule has 0 spiro atoms. The summed E-state index contributed by atoms with van der Waals surface area (Å²) in [6.45, 7) is 1.88. The highest BCUT2D eigenvalue weighted by molar-refractivity contribution is 6.04. The summed E-state index contributed by atoms with van der Waals surface area (Å²) >= 11 is 0. The Hall–Kier alpha value is -4.27. The maximum absolute atomic E-state index is 12.4. The number of nitrogens with one attached hydrogen (secondary N) is 1. The number of nitro benzene ring substituents is 2. The van der Waals surface area contributed by atoms with Crippen molar-refractivity contribution in [1.29, 1.82) is 0 Å². The lowest BCUT2D eigenvalue weighted by atomic mass is 10.1. The van der Waals surface area contributed by atoms with Crippen LogP contribution in [0.4, 0.5) is 17.1 Å². The van der Waals surface area contributed by atoms with Crippen LogP contribution in [0.15, 0.2) is 66.7 Å². The highest BCUT2D eigenvalue weighted by atomic mass is 16.6. The van der Waals surface area contributed by atoms with Gasteiger partial charge in [-0.15, -0.1) is 0 Å². The van der Waals surface area contributed by atoms with Gasteiger partial charge in [0.15, 0.2) is 0 Å². The second-order valence-electron chi connectivity index (χ2n) is 6.06. The third-order valence-corrected chi connectivity index (χ3v) is 4.09. The van der Waals surface area contributed by atoms with Crippen molar-refractivity contribution in [3.63, 3.8) is 0 Å². The topological polar surface area (TPSA) is 125 Å². The summed E-state index contributed by atoms with van der Waals surface area (Å²) in [6, 6.07) is 16.5. The standard InChI is InChI=1S/C20H15N3O6/c1-13-4-2-3-5-17(13)21-20(24)14-6-9-16(10-7-14)29-19-11-8-15(22(25)26)12-18(19)23(27)28/h2-12H,1H3,(H,21,24). The molecule has 146 valence electrons. The van der Waals surface area contributed by atoms with E-state index in [4.69, 9.17) is 4.74 Å². The van der Waals surface area contributed by atoms with Crippen LogP contribution in [0.2, 0.25) is 0 Å².